The number of nitrogens with one attached hydrogen (secondary N) is 2. The van der Waals surface area contributed by atoms with Gasteiger partial charge in [0.25, 0.3) is 0 Å². The molecule has 1 saturated heterocycles. The van der Waals surface area contributed by atoms with Crippen molar-refractivity contribution in [1.29, 1.82) is 0 Å². The van der Waals surface area contributed by atoms with Gasteiger partial charge < -0.3 is 20.3 Å². The van der Waals surface area contributed by atoms with Gasteiger partial charge in [0.1, 0.15) is 5.75 Å². The number of methoxy groups -OCH3 is 1. The van der Waals surface area contributed by atoms with E-state index in [2.05, 4.69) is 58.6 Å². The van der Waals surface area contributed by atoms with Crippen LogP contribution in [-0.2, 0) is 6.54 Å². The van der Waals surface area contributed by atoms with Crippen molar-refractivity contribution in [3.8, 4) is 11.4 Å². The Morgan fingerprint density at radius 3 is 2.58 bits per heavy atom. The van der Waals surface area contributed by atoms with Gasteiger partial charge in [0, 0.05) is 44.0 Å². The molecule has 1 aliphatic rings. The van der Waals surface area contributed by atoms with Crippen LogP contribution in [0.15, 0.2) is 59.6 Å². The Morgan fingerprint density at radius 1 is 1.12 bits per heavy atom. The van der Waals surface area contributed by atoms with E-state index in [1.807, 2.05) is 42.1 Å². The highest BCUT2D eigenvalue weighted by Gasteiger charge is 2.25. The molecule has 33 heavy (non-hydrogen) atoms. The molecule has 7 nitrogen and oxygen atoms in total. The highest BCUT2D eigenvalue weighted by atomic mass is 127. The molecule has 1 fully saturated rings. The number of aryl methyl sites for hydroxylation is 1. The van der Waals surface area contributed by atoms with E-state index >= 15 is 0 Å². The molecular weight excluding hydrogens is 527 g/mol. The minimum atomic E-state index is 0. The Kier molecular flexibility index (Phi) is 8.60. The summed E-state index contributed by atoms with van der Waals surface area (Å²) in [5.74, 6) is 1.72. The standard InChI is InChI=1S/C25H32N6O.HI/c1-18-22(19(2)31(29-18)21-10-6-5-7-11-21)16-27-25(26-3)28-20-14-15-30(17-20)23-12-8-9-13-24(23)32-4;/h5-13,20H,14-17H2,1-4H3,(H2,26,27,28);1H. The number of hydrogen-bond donors (Lipinski definition) is 2. The summed E-state index contributed by atoms with van der Waals surface area (Å²) in [6.07, 6.45) is 1.04. The van der Waals surface area contributed by atoms with Crippen LogP contribution in [0.1, 0.15) is 23.4 Å². The largest absolute Gasteiger partial charge is 0.495 e. The van der Waals surface area contributed by atoms with Crippen LogP contribution in [0, 0.1) is 13.8 Å². The number of nitrogens with zero attached hydrogens (tertiary/aromatic N) is 4. The smallest absolute Gasteiger partial charge is 0.191 e. The molecule has 0 saturated carbocycles. The summed E-state index contributed by atoms with van der Waals surface area (Å²) >= 11 is 0. The first-order valence-corrected chi connectivity index (χ1v) is 11.1. The van der Waals surface area contributed by atoms with Crippen LogP contribution in [0.4, 0.5) is 5.69 Å². The van der Waals surface area contributed by atoms with Crippen molar-refractivity contribution in [2.24, 2.45) is 4.99 Å². The van der Waals surface area contributed by atoms with Gasteiger partial charge in [-0.25, -0.2) is 4.68 Å². The number of anilines is 1. The molecule has 1 atom stereocenters. The highest BCUT2D eigenvalue weighted by Crippen LogP contribution is 2.30. The molecule has 2 aromatic carbocycles. The van der Waals surface area contributed by atoms with Crippen molar-refractivity contribution >= 4 is 35.6 Å². The fraction of sp³-hybridized carbons (Fsp3) is 0.360. The highest BCUT2D eigenvalue weighted by molar-refractivity contribution is 14.0. The average molecular weight is 560 g/mol. The lowest BCUT2D eigenvalue weighted by molar-refractivity contribution is 0.415. The van der Waals surface area contributed by atoms with Gasteiger partial charge in [-0.15, -0.1) is 24.0 Å². The topological polar surface area (TPSA) is 66.7 Å². The Bertz CT molecular complexity index is 1080. The van der Waals surface area contributed by atoms with Gasteiger partial charge in [-0.2, -0.15) is 5.10 Å². The maximum absolute atomic E-state index is 5.53. The van der Waals surface area contributed by atoms with E-state index in [0.717, 1.165) is 54.0 Å². The van der Waals surface area contributed by atoms with Crippen LogP contribution in [0.3, 0.4) is 0 Å². The van der Waals surface area contributed by atoms with Crippen molar-refractivity contribution in [3.05, 3.63) is 71.5 Å². The average Bonchev–Trinajstić information content (AvgIpc) is 3.41. The molecule has 1 unspecified atom stereocenters. The number of para-hydroxylation sites is 3. The van der Waals surface area contributed by atoms with Crippen LogP contribution < -0.4 is 20.3 Å². The molecule has 0 amide bonds. The van der Waals surface area contributed by atoms with Gasteiger partial charge in [-0.05, 0) is 44.5 Å². The third-order valence-corrected chi connectivity index (χ3v) is 6.05. The summed E-state index contributed by atoms with van der Waals surface area (Å²) in [5, 5.41) is 11.8. The van der Waals surface area contributed by atoms with Crippen LogP contribution in [0.25, 0.3) is 5.69 Å². The van der Waals surface area contributed by atoms with Crippen molar-refractivity contribution in [1.82, 2.24) is 20.4 Å². The number of ether oxygens (including phenoxy) is 1. The fourth-order valence-electron chi connectivity index (χ4n) is 4.30. The summed E-state index contributed by atoms with van der Waals surface area (Å²) in [7, 11) is 3.54. The SMILES string of the molecule is CN=C(NCc1c(C)nn(-c2ccccc2)c1C)NC1CCN(c2ccccc2OC)C1.I. The minimum Gasteiger partial charge on any atom is -0.495 e. The van der Waals surface area contributed by atoms with Gasteiger partial charge in [-0.3, -0.25) is 4.99 Å². The van der Waals surface area contributed by atoms with E-state index in [0.29, 0.717) is 12.6 Å². The number of benzene rings is 2. The van der Waals surface area contributed by atoms with Crippen LogP contribution >= 0.6 is 24.0 Å². The third kappa shape index (κ3) is 5.61. The molecule has 1 aromatic heterocycles. The summed E-state index contributed by atoms with van der Waals surface area (Å²) in [5.41, 5.74) is 5.57. The lowest BCUT2D eigenvalue weighted by Crippen LogP contribution is -2.44. The second kappa shape index (κ2) is 11.4. The molecule has 2 N–H and O–H groups in total. The molecule has 176 valence electrons. The molecule has 2 heterocycles. The number of hydrogen-bond acceptors (Lipinski definition) is 4. The molecule has 4 rings (SSSR count). The number of rotatable bonds is 6. The van der Waals surface area contributed by atoms with E-state index in [1.165, 1.54) is 5.56 Å². The van der Waals surface area contributed by atoms with E-state index < -0.39 is 0 Å². The summed E-state index contributed by atoms with van der Waals surface area (Å²) < 4.78 is 7.54. The zero-order valence-electron chi connectivity index (χ0n) is 19.7. The maximum Gasteiger partial charge on any atom is 0.191 e. The molecule has 0 bridgehead atoms. The van der Waals surface area contributed by atoms with Gasteiger partial charge in [0.05, 0.1) is 24.2 Å². The van der Waals surface area contributed by atoms with Crippen LogP contribution in [-0.4, -0.2) is 49.0 Å². The quantitative estimate of drug-likeness (QED) is 0.271. The monoisotopic (exact) mass is 560 g/mol. The Balaban J connectivity index is 0.00000306. The molecule has 3 aromatic rings. The van der Waals surface area contributed by atoms with Gasteiger partial charge in [0.2, 0.25) is 0 Å². The predicted octanol–water partition coefficient (Wildman–Crippen LogP) is 4.06. The van der Waals surface area contributed by atoms with Gasteiger partial charge in [-0.1, -0.05) is 30.3 Å². The number of aliphatic imine (C=N–C) groups is 1. The van der Waals surface area contributed by atoms with Crippen molar-refractivity contribution in [2.75, 3.05) is 32.1 Å². The Labute approximate surface area is 213 Å². The van der Waals surface area contributed by atoms with Crippen LogP contribution in [0.2, 0.25) is 0 Å². The van der Waals surface area contributed by atoms with E-state index in [4.69, 9.17) is 9.84 Å². The molecule has 8 heteroatoms. The van der Waals surface area contributed by atoms with Crippen LogP contribution in [0.5, 0.6) is 5.75 Å². The number of guanidine groups is 1. The first-order chi connectivity index (χ1) is 15.6. The predicted molar refractivity (Wildman–Crippen MR) is 145 cm³/mol. The maximum atomic E-state index is 5.53. The van der Waals surface area contributed by atoms with Crippen molar-refractivity contribution in [2.45, 2.75) is 32.9 Å². The summed E-state index contributed by atoms with van der Waals surface area (Å²) in [6, 6.07) is 18.7. The second-order valence-corrected chi connectivity index (χ2v) is 8.07. The lowest BCUT2D eigenvalue weighted by Gasteiger charge is -2.22. The van der Waals surface area contributed by atoms with Gasteiger partial charge >= 0.3 is 0 Å². The lowest BCUT2D eigenvalue weighted by atomic mass is 10.2. The molecule has 0 radical (unpaired) electrons. The van der Waals surface area contributed by atoms with Gasteiger partial charge in [0.15, 0.2) is 5.96 Å². The van der Waals surface area contributed by atoms with E-state index in [9.17, 15) is 0 Å². The molecular formula is C25H33IN6O. The zero-order valence-corrected chi connectivity index (χ0v) is 22.0. The normalized spacial score (nSPS) is 15.8. The van der Waals surface area contributed by atoms with E-state index in [-0.39, 0.29) is 24.0 Å². The molecule has 0 aliphatic carbocycles. The fourth-order valence-corrected chi connectivity index (χ4v) is 4.30. The van der Waals surface area contributed by atoms with Crippen molar-refractivity contribution in [3.63, 3.8) is 0 Å². The zero-order chi connectivity index (χ0) is 22.5. The Morgan fingerprint density at radius 2 is 1.85 bits per heavy atom. The molecule has 0 spiro atoms. The van der Waals surface area contributed by atoms with E-state index in [1.54, 1.807) is 7.11 Å². The summed E-state index contributed by atoms with van der Waals surface area (Å²) in [4.78, 5) is 6.81. The minimum absolute atomic E-state index is 0. The Hall–Kier alpha value is -2.75. The summed E-state index contributed by atoms with van der Waals surface area (Å²) in [6.45, 7) is 6.74. The number of halogens is 1. The third-order valence-electron chi connectivity index (χ3n) is 6.05. The first kappa shape index (κ1) is 24.9. The molecule has 1 aliphatic heterocycles. The number of aromatic nitrogens is 2. The first-order valence-electron chi connectivity index (χ1n) is 11.1. The van der Waals surface area contributed by atoms with Crippen molar-refractivity contribution < 1.29 is 4.74 Å². The second-order valence-electron chi connectivity index (χ2n) is 8.07.